The molecule has 4 aromatic heterocycles. The predicted octanol–water partition coefficient (Wildman–Crippen LogP) is 6.43. The van der Waals surface area contributed by atoms with E-state index in [1.54, 1.807) is 28.6 Å². The number of hydrogen-bond acceptors (Lipinski definition) is 11. The summed E-state index contributed by atoms with van der Waals surface area (Å²) in [7, 11) is 3.77. The number of carbonyl (C=O) groups is 3. The second-order valence-corrected chi connectivity index (χ2v) is 17.4. The van der Waals surface area contributed by atoms with Crippen molar-refractivity contribution < 1.29 is 37.1 Å². The standard InChI is InChI=1S/C46H57F2N9O7/c1-54(20-22-63-24-23-62-21-4-6-31-5-3-7-37-41(31)55(2)46(61)57(37)38-16-17-39(58)52-44(38)60)26-30-11-14-34(15-12-30)56-27-35(40(53-56)42(47)48)50-43(59)36-28-64-45(51-36)32-18-19-49-33(25-32)13-10-29-8-9-29/h3,5,7,18-19,25,27-30,34,38,42H,4,6,8-17,20-24,26H2,1-2H3,(H,50,59)(H,52,58,60). The van der Waals surface area contributed by atoms with Crippen LogP contribution in [0, 0.1) is 11.8 Å². The lowest BCUT2D eigenvalue weighted by atomic mass is 9.86. The maximum Gasteiger partial charge on any atom is 0.329 e. The molecule has 1 saturated heterocycles. The topological polar surface area (TPSA) is 181 Å². The first-order chi connectivity index (χ1) is 31.0. The number of amides is 3. The van der Waals surface area contributed by atoms with Crippen molar-refractivity contribution in [3.63, 3.8) is 0 Å². The lowest BCUT2D eigenvalue weighted by molar-refractivity contribution is -0.135. The number of imidazole rings is 1. The normalized spacial score (nSPS) is 19.2. The predicted molar refractivity (Wildman–Crippen MR) is 233 cm³/mol. The average Bonchev–Trinajstić information content (AvgIpc) is 3.69. The minimum absolute atomic E-state index is 0.0145. The number of aromatic nitrogens is 6. The molecule has 1 aliphatic heterocycles. The van der Waals surface area contributed by atoms with Gasteiger partial charge in [-0.2, -0.15) is 5.10 Å². The number of alkyl halides is 2. The Morgan fingerprint density at radius 3 is 2.55 bits per heavy atom. The van der Waals surface area contributed by atoms with Crippen molar-refractivity contribution in [3.8, 4) is 11.5 Å². The third-order valence-corrected chi connectivity index (χ3v) is 12.7. The van der Waals surface area contributed by atoms with Crippen molar-refractivity contribution in [3.05, 3.63) is 82.1 Å². The number of fused-ring (bicyclic) bond motifs is 1. The number of nitrogens with zero attached hydrogens (tertiary/aromatic N) is 7. The summed E-state index contributed by atoms with van der Waals surface area (Å²) in [5, 5.41) is 9.17. The van der Waals surface area contributed by atoms with Gasteiger partial charge in [0.25, 0.3) is 12.3 Å². The first-order valence-corrected chi connectivity index (χ1v) is 22.5. The summed E-state index contributed by atoms with van der Waals surface area (Å²) in [6.07, 6.45) is 11.4. The fraction of sp³-hybridized carbons (Fsp3) is 0.543. The summed E-state index contributed by atoms with van der Waals surface area (Å²) in [4.78, 5) is 61.6. The Labute approximate surface area is 369 Å². The summed E-state index contributed by atoms with van der Waals surface area (Å²) in [5.41, 5.74) is 3.28. The number of likely N-dealkylation sites (N-methyl/N-ethyl adjacent to an activating group) is 1. The molecule has 2 aliphatic carbocycles. The number of carbonyl (C=O) groups excluding carboxylic acids is 3. The lowest BCUT2D eigenvalue weighted by Gasteiger charge is -2.31. The molecule has 3 amide bonds. The van der Waals surface area contributed by atoms with Gasteiger partial charge in [0.15, 0.2) is 11.4 Å². The third kappa shape index (κ3) is 10.8. The van der Waals surface area contributed by atoms with Gasteiger partial charge in [0, 0.05) is 56.8 Å². The zero-order valence-corrected chi connectivity index (χ0v) is 36.5. The zero-order chi connectivity index (χ0) is 44.7. The van der Waals surface area contributed by atoms with Crippen molar-refractivity contribution >= 4 is 34.4 Å². The molecule has 64 heavy (non-hydrogen) atoms. The van der Waals surface area contributed by atoms with Gasteiger partial charge in [-0.05, 0) is 100 Å². The molecule has 5 aromatic rings. The zero-order valence-electron chi connectivity index (χ0n) is 36.5. The van der Waals surface area contributed by atoms with Crippen LogP contribution in [0.15, 0.2) is 58.2 Å². The van der Waals surface area contributed by atoms with Crippen LogP contribution < -0.4 is 16.3 Å². The Morgan fingerprint density at radius 2 is 1.78 bits per heavy atom. The monoisotopic (exact) mass is 885 g/mol. The number of nitrogens with one attached hydrogen (secondary N) is 2. The second-order valence-electron chi connectivity index (χ2n) is 17.4. The molecular formula is C46H57F2N9O7. The highest BCUT2D eigenvalue weighted by Gasteiger charge is 2.32. The second kappa shape index (κ2) is 20.5. The van der Waals surface area contributed by atoms with Crippen LogP contribution >= 0.6 is 0 Å². The van der Waals surface area contributed by atoms with Gasteiger partial charge in [0.2, 0.25) is 17.7 Å². The van der Waals surface area contributed by atoms with Gasteiger partial charge < -0.3 is 24.1 Å². The minimum Gasteiger partial charge on any atom is -0.444 e. The number of para-hydroxylation sites is 1. The molecule has 3 aliphatic rings. The molecule has 5 heterocycles. The van der Waals surface area contributed by atoms with Gasteiger partial charge in [-0.15, -0.1) is 0 Å². The molecule has 1 unspecified atom stereocenters. The number of benzene rings is 1. The summed E-state index contributed by atoms with van der Waals surface area (Å²) in [6, 6.07) is 8.61. The quantitative estimate of drug-likeness (QED) is 0.0613. The van der Waals surface area contributed by atoms with Crippen LogP contribution in [0.2, 0.25) is 0 Å². The Morgan fingerprint density at radius 1 is 1.00 bits per heavy atom. The van der Waals surface area contributed by atoms with Crippen LogP contribution in [0.5, 0.6) is 0 Å². The van der Waals surface area contributed by atoms with E-state index in [0.717, 1.165) is 80.7 Å². The highest BCUT2D eigenvalue weighted by molar-refractivity contribution is 6.03. The molecule has 3 fully saturated rings. The minimum atomic E-state index is -2.87. The van der Waals surface area contributed by atoms with Crippen LogP contribution in [-0.2, 0) is 39.0 Å². The Hall–Kier alpha value is -5.59. The van der Waals surface area contributed by atoms with Gasteiger partial charge in [0.1, 0.15) is 12.3 Å². The molecule has 2 saturated carbocycles. The van der Waals surface area contributed by atoms with Crippen molar-refractivity contribution in [2.45, 2.75) is 95.6 Å². The molecular weight excluding hydrogens is 829 g/mol. The molecule has 0 bridgehead atoms. The SMILES string of the molecule is CN(CCOCCOCCCc1cccc2c1n(C)c(=O)n2C1CCC(=O)NC1=O)CC1CCC(n2cc(NC(=O)c3coc(-c4ccnc(CCC5CC5)c4)n3)c(C(F)F)n2)CC1. The van der Waals surface area contributed by atoms with Gasteiger partial charge in [-0.25, -0.2) is 18.6 Å². The summed E-state index contributed by atoms with van der Waals surface area (Å²) >= 11 is 0. The Bertz CT molecular complexity index is 2480. The van der Waals surface area contributed by atoms with Crippen LogP contribution in [0.1, 0.15) is 110 Å². The first-order valence-electron chi connectivity index (χ1n) is 22.5. The molecule has 342 valence electrons. The number of hydrogen-bond donors (Lipinski definition) is 2. The first kappa shape index (κ1) is 45.0. The van der Waals surface area contributed by atoms with Crippen molar-refractivity contribution in [2.24, 2.45) is 18.9 Å². The van der Waals surface area contributed by atoms with Crippen LogP contribution in [0.3, 0.4) is 0 Å². The molecule has 8 rings (SSSR count). The molecule has 0 spiro atoms. The van der Waals surface area contributed by atoms with E-state index < -0.39 is 30.0 Å². The maximum absolute atomic E-state index is 14.1. The molecule has 16 nitrogen and oxygen atoms in total. The number of piperidine rings is 1. The fourth-order valence-corrected chi connectivity index (χ4v) is 9.04. The van der Waals surface area contributed by atoms with E-state index >= 15 is 0 Å². The van der Waals surface area contributed by atoms with Crippen molar-refractivity contribution in [1.82, 2.24) is 39.1 Å². The number of halogens is 2. The maximum atomic E-state index is 14.1. The van der Waals surface area contributed by atoms with E-state index in [0.29, 0.717) is 56.3 Å². The smallest absolute Gasteiger partial charge is 0.329 e. The van der Waals surface area contributed by atoms with E-state index in [1.165, 1.54) is 29.9 Å². The Balaban J connectivity index is 0.720. The van der Waals surface area contributed by atoms with E-state index in [9.17, 15) is 28.0 Å². The van der Waals surface area contributed by atoms with Crippen LogP contribution in [-0.4, -0.2) is 98.1 Å². The summed E-state index contributed by atoms with van der Waals surface area (Å²) in [5.74, 6) is 0.0763. The van der Waals surface area contributed by atoms with Gasteiger partial charge in [0.05, 0.1) is 42.6 Å². The molecule has 1 aromatic carbocycles. The summed E-state index contributed by atoms with van der Waals surface area (Å²) < 4.78 is 50.2. The van der Waals surface area contributed by atoms with Gasteiger partial charge >= 0.3 is 5.69 Å². The Kier molecular flexibility index (Phi) is 14.4. The van der Waals surface area contributed by atoms with E-state index in [1.807, 2.05) is 24.3 Å². The summed E-state index contributed by atoms with van der Waals surface area (Å²) in [6.45, 7) is 3.68. The number of pyridine rings is 1. The van der Waals surface area contributed by atoms with Gasteiger partial charge in [-0.3, -0.25) is 38.5 Å². The van der Waals surface area contributed by atoms with E-state index in [2.05, 4.69) is 37.6 Å². The van der Waals surface area contributed by atoms with Crippen LogP contribution in [0.4, 0.5) is 14.5 Å². The number of oxazole rings is 1. The third-order valence-electron chi connectivity index (χ3n) is 12.7. The molecule has 18 heteroatoms. The average molecular weight is 886 g/mol. The van der Waals surface area contributed by atoms with Crippen molar-refractivity contribution in [2.75, 3.05) is 51.9 Å². The fourth-order valence-electron chi connectivity index (χ4n) is 9.04. The molecule has 0 radical (unpaired) electrons. The largest absolute Gasteiger partial charge is 0.444 e. The number of aryl methyl sites for hydroxylation is 3. The van der Waals surface area contributed by atoms with E-state index in [4.69, 9.17) is 13.9 Å². The van der Waals surface area contributed by atoms with E-state index in [-0.39, 0.29) is 41.3 Å². The molecule has 1 atom stereocenters. The highest BCUT2D eigenvalue weighted by Crippen LogP contribution is 2.36. The number of anilines is 1. The van der Waals surface area contributed by atoms with Gasteiger partial charge in [-0.1, -0.05) is 25.0 Å². The van der Waals surface area contributed by atoms with Crippen molar-refractivity contribution in [1.29, 1.82) is 0 Å². The van der Waals surface area contributed by atoms with Crippen LogP contribution in [0.25, 0.3) is 22.5 Å². The number of ether oxygens (including phenoxy) is 2. The molecule has 2 N–H and O–H groups in total. The highest BCUT2D eigenvalue weighted by atomic mass is 19.3. The number of rotatable bonds is 21. The number of imide groups is 1. The lowest BCUT2D eigenvalue weighted by Crippen LogP contribution is -2.44.